The van der Waals surface area contributed by atoms with Crippen LogP contribution in [0.3, 0.4) is 0 Å². The van der Waals surface area contributed by atoms with Crippen LogP contribution in [0.15, 0.2) is 39.8 Å². The molecule has 2 heterocycles. The van der Waals surface area contributed by atoms with Crippen molar-refractivity contribution >= 4 is 10.0 Å². The lowest BCUT2D eigenvalue weighted by Gasteiger charge is -2.33. The largest absolute Gasteiger partial charge is 0.360 e. The molecule has 3 rings (SSSR count). The van der Waals surface area contributed by atoms with Crippen LogP contribution in [0.2, 0.25) is 0 Å². The van der Waals surface area contributed by atoms with Crippen LogP contribution in [0.5, 0.6) is 0 Å². The van der Waals surface area contributed by atoms with Crippen LogP contribution in [0.1, 0.15) is 30.4 Å². The van der Waals surface area contributed by atoms with Gasteiger partial charge in [-0.25, -0.2) is 8.42 Å². The van der Waals surface area contributed by atoms with Crippen LogP contribution in [0, 0.1) is 6.92 Å². The Hall–Kier alpha value is -1.70. The summed E-state index contributed by atoms with van der Waals surface area (Å²) in [6, 6.07) is 9.20. The second-order valence-corrected chi connectivity index (χ2v) is 8.45. The minimum absolute atomic E-state index is 0.381. The number of aryl methyl sites for hydroxylation is 2. The molecule has 1 fully saturated rings. The van der Waals surface area contributed by atoms with Crippen molar-refractivity contribution in [3.05, 3.63) is 47.3 Å². The third-order valence-corrected chi connectivity index (χ3v) is 6.40. The van der Waals surface area contributed by atoms with E-state index in [1.54, 1.807) is 16.4 Å². The average Bonchev–Trinajstić information content (AvgIpc) is 3.01. The van der Waals surface area contributed by atoms with Crippen molar-refractivity contribution in [3.63, 3.8) is 0 Å². The molecule has 0 amide bonds. The number of piperazine rings is 1. The third-order valence-electron chi connectivity index (χ3n) is 4.49. The maximum absolute atomic E-state index is 12.8. The summed E-state index contributed by atoms with van der Waals surface area (Å²) in [6.07, 6.45) is 2.03. The van der Waals surface area contributed by atoms with Crippen LogP contribution < -0.4 is 0 Å². The zero-order valence-corrected chi connectivity index (χ0v) is 15.6. The second kappa shape index (κ2) is 7.68. The van der Waals surface area contributed by atoms with Crippen LogP contribution in [0.4, 0.5) is 0 Å². The molecule has 0 atom stereocenters. The number of aromatic nitrogens is 1. The van der Waals surface area contributed by atoms with E-state index in [1.165, 1.54) is 5.56 Å². The molecule has 25 heavy (non-hydrogen) atoms. The molecule has 1 aromatic carbocycles. The van der Waals surface area contributed by atoms with Gasteiger partial charge in [0.1, 0.15) is 0 Å². The van der Waals surface area contributed by atoms with Crippen LogP contribution >= 0.6 is 0 Å². The fourth-order valence-corrected chi connectivity index (χ4v) is 4.53. The smallest absolute Gasteiger partial charge is 0.243 e. The number of hydrogen-bond donors (Lipinski definition) is 0. The zero-order valence-electron chi connectivity index (χ0n) is 14.8. The van der Waals surface area contributed by atoms with Crippen molar-refractivity contribution in [1.82, 2.24) is 14.4 Å². The van der Waals surface area contributed by atoms with E-state index in [0.29, 0.717) is 37.6 Å². The summed E-state index contributed by atoms with van der Waals surface area (Å²) in [5, 5.41) is 3.89. The maximum atomic E-state index is 12.8. The SMILES string of the molecule is CCCc1ccc(S(=O)(=O)N2CCN(Cc3cc(C)no3)CC2)cc1. The van der Waals surface area contributed by atoms with E-state index in [9.17, 15) is 8.42 Å². The highest BCUT2D eigenvalue weighted by molar-refractivity contribution is 7.89. The highest BCUT2D eigenvalue weighted by Gasteiger charge is 2.28. The lowest BCUT2D eigenvalue weighted by molar-refractivity contribution is 0.166. The van der Waals surface area contributed by atoms with Gasteiger partial charge in [-0.1, -0.05) is 30.6 Å². The van der Waals surface area contributed by atoms with E-state index in [1.807, 2.05) is 25.1 Å². The molecule has 0 unspecified atom stereocenters. The van der Waals surface area contributed by atoms with Crippen molar-refractivity contribution in [1.29, 1.82) is 0 Å². The Labute approximate surface area is 149 Å². The van der Waals surface area contributed by atoms with Gasteiger partial charge in [-0.05, 0) is 31.0 Å². The Balaban J connectivity index is 1.60. The number of rotatable bonds is 6. The Bertz CT molecular complexity index is 791. The summed E-state index contributed by atoms with van der Waals surface area (Å²) in [5.41, 5.74) is 2.04. The average molecular weight is 363 g/mol. The highest BCUT2D eigenvalue weighted by Crippen LogP contribution is 2.19. The van der Waals surface area contributed by atoms with Crippen molar-refractivity contribution in [2.45, 2.75) is 38.1 Å². The van der Waals surface area contributed by atoms with E-state index in [4.69, 9.17) is 4.52 Å². The van der Waals surface area contributed by atoms with Gasteiger partial charge >= 0.3 is 0 Å². The van der Waals surface area contributed by atoms with Gasteiger partial charge in [0.05, 0.1) is 17.1 Å². The van der Waals surface area contributed by atoms with Gasteiger partial charge in [0.25, 0.3) is 0 Å². The molecular weight excluding hydrogens is 338 g/mol. The first-order valence-corrected chi connectivity index (χ1v) is 10.2. The lowest BCUT2D eigenvalue weighted by atomic mass is 10.1. The minimum atomic E-state index is -3.42. The molecule has 2 aromatic rings. The molecule has 0 bridgehead atoms. The van der Waals surface area contributed by atoms with Gasteiger partial charge in [0.2, 0.25) is 10.0 Å². The molecule has 1 saturated heterocycles. The lowest BCUT2D eigenvalue weighted by Crippen LogP contribution is -2.48. The van der Waals surface area contributed by atoms with Crippen LogP contribution in [0.25, 0.3) is 0 Å². The van der Waals surface area contributed by atoms with E-state index >= 15 is 0 Å². The fourth-order valence-electron chi connectivity index (χ4n) is 3.11. The number of benzene rings is 1. The first-order valence-electron chi connectivity index (χ1n) is 8.72. The molecule has 1 aromatic heterocycles. The van der Waals surface area contributed by atoms with Gasteiger partial charge in [0.15, 0.2) is 5.76 Å². The summed E-state index contributed by atoms with van der Waals surface area (Å²) >= 11 is 0. The molecule has 7 heteroatoms. The highest BCUT2D eigenvalue weighted by atomic mass is 32.2. The van der Waals surface area contributed by atoms with Crippen molar-refractivity contribution in [2.75, 3.05) is 26.2 Å². The van der Waals surface area contributed by atoms with Crippen molar-refractivity contribution in [3.8, 4) is 0 Å². The molecule has 6 nitrogen and oxygen atoms in total. The topological polar surface area (TPSA) is 66.7 Å². The molecule has 0 radical (unpaired) electrons. The molecule has 1 aliphatic heterocycles. The first-order chi connectivity index (χ1) is 12.0. The van der Waals surface area contributed by atoms with Gasteiger partial charge in [-0.2, -0.15) is 4.31 Å². The second-order valence-electron chi connectivity index (χ2n) is 6.51. The van der Waals surface area contributed by atoms with E-state index in [-0.39, 0.29) is 0 Å². The summed E-state index contributed by atoms with van der Waals surface area (Å²) in [7, 11) is -3.42. The number of nitrogens with zero attached hydrogens (tertiary/aromatic N) is 3. The third kappa shape index (κ3) is 4.29. The van der Waals surface area contributed by atoms with Crippen LogP contribution in [-0.4, -0.2) is 49.0 Å². The van der Waals surface area contributed by atoms with Crippen LogP contribution in [-0.2, 0) is 23.0 Å². The standard InChI is InChI=1S/C18H25N3O3S/c1-3-4-16-5-7-18(8-6-16)25(22,23)21-11-9-20(10-12-21)14-17-13-15(2)19-24-17/h5-8,13H,3-4,9-12,14H2,1-2H3. The van der Waals surface area contributed by atoms with Gasteiger partial charge < -0.3 is 4.52 Å². The molecular formula is C18H25N3O3S. The first kappa shape index (κ1) is 18.1. The van der Waals surface area contributed by atoms with Gasteiger partial charge in [-0.15, -0.1) is 0 Å². The van der Waals surface area contributed by atoms with E-state index in [2.05, 4.69) is 17.0 Å². The fraction of sp³-hybridized carbons (Fsp3) is 0.500. The molecule has 0 aliphatic carbocycles. The summed E-state index contributed by atoms with van der Waals surface area (Å²) in [4.78, 5) is 2.57. The molecule has 1 aliphatic rings. The predicted molar refractivity (Wildman–Crippen MR) is 95.7 cm³/mol. The molecule has 136 valence electrons. The Morgan fingerprint density at radius 2 is 1.80 bits per heavy atom. The Morgan fingerprint density at radius 1 is 1.12 bits per heavy atom. The molecule has 0 spiro atoms. The molecule has 0 N–H and O–H groups in total. The summed E-state index contributed by atoms with van der Waals surface area (Å²) < 4.78 is 32.4. The normalized spacial score (nSPS) is 17.0. The zero-order chi connectivity index (χ0) is 17.9. The van der Waals surface area contributed by atoms with Gasteiger partial charge in [0, 0.05) is 32.2 Å². The molecule has 0 saturated carbocycles. The van der Waals surface area contributed by atoms with E-state index in [0.717, 1.165) is 24.3 Å². The number of sulfonamides is 1. The maximum Gasteiger partial charge on any atom is 0.243 e. The quantitative estimate of drug-likeness (QED) is 0.789. The van der Waals surface area contributed by atoms with E-state index < -0.39 is 10.0 Å². The van der Waals surface area contributed by atoms with Gasteiger partial charge in [-0.3, -0.25) is 4.90 Å². The van der Waals surface area contributed by atoms with Crippen molar-refractivity contribution in [2.24, 2.45) is 0 Å². The number of hydrogen-bond acceptors (Lipinski definition) is 5. The Kier molecular flexibility index (Phi) is 5.56. The monoisotopic (exact) mass is 363 g/mol. The summed E-state index contributed by atoms with van der Waals surface area (Å²) in [6.45, 7) is 7.03. The van der Waals surface area contributed by atoms with Crippen molar-refractivity contribution < 1.29 is 12.9 Å². The summed E-state index contributed by atoms with van der Waals surface area (Å²) in [5.74, 6) is 0.820. The minimum Gasteiger partial charge on any atom is -0.360 e. The predicted octanol–water partition coefficient (Wildman–Crippen LogP) is 2.44. The Morgan fingerprint density at radius 3 is 2.36 bits per heavy atom.